The maximum Gasteiger partial charge on any atom is 0.310 e. The molecule has 2 heterocycles. The van der Waals surface area contributed by atoms with Gasteiger partial charge in [-0.05, 0) is 42.6 Å². The lowest BCUT2D eigenvalue weighted by atomic mass is 9.98. The van der Waals surface area contributed by atoms with Gasteiger partial charge in [-0.25, -0.2) is 0 Å². The van der Waals surface area contributed by atoms with Crippen LogP contribution < -0.4 is 0 Å². The van der Waals surface area contributed by atoms with Crippen LogP contribution in [0.3, 0.4) is 0 Å². The number of carbonyl (C=O) groups excluding carboxylic acids is 2. The number of likely N-dealkylation sites (tertiary alicyclic amines) is 1. The average molecular weight is 424 g/mol. The molecule has 1 atom stereocenters. The first-order valence-corrected chi connectivity index (χ1v) is 11.5. The molecule has 6 heteroatoms. The third-order valence-corrected chi connectivity index (χ3v) is 6.48. The van der Waals surface area contributed by atoms with Crippen molar-refractivity contribution < 1.29 is 14.3 Å². The largest absolute Gasteiger partial charge is 0.466 e. The van der Waals surface area contributed by atoms with Crippen LogP contribution >= 0.6 is 0 Å². The lowest BCUT2D eigenvalue weighted by Gasteiger charge is -2.37. The summed E-state index contributed by atoms with van der Waals surface area (Å²) in [5.41, 5.74) is 1.34. The second-order valence-corrected chi connectivity index (χ2v) is 8.62. The van der Waals surface area contributed by atoms with Crippen molar-refractivity contribution in [2.45, 2.75) is 26.3 Å². The zero-order chi connectivity index (χ0) is 21.6. The van der Waals surface area contributed by atoms with Crippen molar-refractivity contribution >= 4 is 22.6 Å². The number of benzene rings is 2. The van der Waals surface area contributed by atoms with Gasteiger partial charge in [0.05, 0.1) is 19.1 Å². The number of amides is 1. The van der Waals surface area contributed by atoms with E-state index in [-0.39, 0.29) is 17.8 Å². The first kappa shape index (κ1) is 21.8. The Hall–Kier alpha value is -2.44. The van der Waals surface area contributed by atoms with Gasteiger partial charge in [-0.1, -0.05) is 42.5 Å². The molecular weight excluding hydrogens is 390 g/mol. The number of nitrogens with zero attached hydrogens (tertiary/aromatic N) is 3. The molecule has 2 saturated heterocycles. The normalized spacial score (nSPS) is 20.7. The molecule has 166 valence electrons. The van der Waals surface area contributed by atoms with Crippen molar-refractivity contribution in [3.63, 3.8) is 0 Å². The van der Waals surface area contributed by atoms with E-state index in [9.17, 15) is 9.59 Å². The summed E-state index contributed by atoms with van der Waals surface area (Å²) in [7, 11) is 0. The van der Waals surface area contributed by atoms with Gasteiger partial charge < -0.3 is 9.64 Å². The minimum Gasteiger partial charge on any atom is -0.466 e. The quantitative estimate of drug-likeness (QED) is 0.669. The molecule has 0 saturated carbocycles. The molecule has 0 radical (unpaired) electrons. The number of esters is 1. The summed E-state index contributed by atoms with van der Waals surface area (Å²) in [6, 6.07) is 15.0. The van der Waals surface area contributed by atoms with E-state index >= 15 is 0 Å². The molecule has 0 spiro atoms. The Balaban J connectivity index is 1.26. The van der Waals surface area contributed by atoms with Crippen LogP contribution in [0.4, 0.5) is 0 Å². The van der Waals surface area contributed by atoms with Crippen LogP contribution in [-0.4, -0.2) is 79.0 Å². The molecule has 0 N–H and O–H groups in total. The van der Waals surface area contributed by atoms with Gasteiger partial charge in [0.1, 0.15) is 0 Å². The van der Waals surface area contributed by atoms with Gasteiger partial charge in [-0.3, -0.25) is 19.4 Å². The Bertz CT molecular complexity index is 903. The van der Waals surface area contributed by atoms with Gasteiger partial charge in [0.2, 0.25) is 5.91 Å². The van der Waals surface area contributed by atoms with E-state index < -0.39 is 0 Å². The Morgan fingerprint density at radius 1 is 0.968 bits per heavy atom. The predicted molar refractivity (Wildman–Crippen MR) is 122 cm³/mol. The number of hydrogen-bond donors (Lipinski definition) is 0. The minimum absolute atomic E-state index is 0.0981. The number of fused-ring (bicyclic) bond motifs is 1. The van der Waals surface area contributed by atoms with Gasteiger partial charge in [0.25, 0.3) is 0 Å². The van der Waals surface area contributed by atoms with E-state index in [2.05, 4.69) is 52.3 Å². The predicted octanol–water partition coefficient (Wildman–Crippen LogP) is 2.76. The molecule has 31 heavy (non-hydrogen) atoms. The molecule has 2 aromatic carbocycles. The smallest absolute Gasteiger partial charge is 0.310 e. The monoisotopic (exact) mass is 423 g/mol. The van der Waals surface area contributed by atoms with E-state index in [1.54, 1.807) is 0 Å². The number of ether oxygens (including phenoxy) is 1. The van der Waals surface area contributed by atoms with Crippen LogP contribution in [-0.2, 0) is 20.9 Å². The maximum absolute atomic E-state index is 12.9. The fourth-order valence-corrected chi connectivity index (χ4v) is 4.77. The molecule has 0 aliphatic carbocycles. The zero-order valence-electron chi connectivity index (χ0n) is 18.5. The number of piperazine rings is 1. The summed E-state index contributed by atoms with van der Waals surface area (Å²) in [6.45, 7) is 8.38. The molecule has 0 aromatic heterocycles. The van der Waals surface area contributed by atoms with E-state index in [1.807, 2.05) is 11.8 Å². The highest BCUT2D eigenvalue weighted by atomic mass is 16.5. The molecule has 4 rings (SSSR count). The third kappa shape index (κ3) is 5.43. The summed E-state index contributed by atoms with van der Waals surface area (Å²) in [6.07, 6.45) is 1.80. The third-order valence-electron chi connectivity index (χ3n) is 6.48. The number of carbonyl (C=O) groups is 2. The molecule has 2 aliphatic rings. The summed E-state index contributed by atoms with van der Waals surface area (Å²) in [4.78, 5) is 31.4. The fraction of sp³-hybridized carbons (Fsp3) is 0.520. The summed E-state index contributed by atoms with van der Waals surface area (Å²) in [5, 5.41) is 2.58. The van der Waals surface area contributed by atoms with Gasteiger partial charge >= 0.3 is 5.97 Å². The van der Waals surface area contributed by atoms with Gasteiger partial charge in [-0.15, -0.1) is 0 Å². The Kier molecular flexibility index (Phi) is 7.20. The molecule has 1 amide bonds. The van der Waals surface area contributed by atoms with Crippen LogP contribution in [0.1, 0.15) is 25.3 Å². The number of hydrogen-bond acceptors (Lipinski definition) is 5. The van der Waals surface area contributed by atoms with Crippen LogP contribution in [0.2, 0.25) is 0 Å². The lowest BCUT2D eigenvalue weighted by molar-refractivity contribution is -0.150. The van der Waals surface area contributed by atoms with Crippen molar-refractivity contribution in [2.24, 2.45) is 5.92 Å². The first-order valence-electron chi connectivity index (χ1n) is 11.5. The first-order chi connectivity index (χ1) is 15.1. The molecule has 0 unspecified atom stereocenters. The van der Waals surface area contributed by atoms with Crippen LogP contribution in [0, 0.1) is 5.92 Å². The van der Waals surface area contributed by atoms with Crippen molar-refractivity contribution in [1.82, 2.24) is 14.7 Å². The van der Waals surface area contributed by atoms with Crippen LogP contribution in [0.5, 0.6) is 0 Å². The minimum atomic E-state index is -0.123. The van der Waals surface area contributed by atoms with Crippen molar-refractivity contribution in [1.29, 1.82) is 0 Å². The highest BCUT2D eigenvalue weighted by molar-refractivity contribution is 5.85. The molecular formula is C25H33N3O3. The van der Waals surface area contributed by atoms with Crippen LogP contribution in [0.15, 0.2) is 42.5 Å². The van der Waals surface area contributed by atoms with E-state index in [0.717, 1.165) is 52.1 Å². The van der Waals surface area contributed by atoms with Crippen molar-refractivity contribution in [3.8, 4) is 0 Å². The van der Waals surface area contributed by atoms with Gasteiger partial charge in [-0.2, -0.15) is 0 Å². The number of piperidine rings is 1. The van der Waals surface area contributed by atoms with E-state index in [0.29, 0.717) is 19.7 Å². The molecule has 2 aliphatic heterocycles. The second kappa shape index (κ2) is 10.2. The highest BCUT2D eigenvalue weighted by Crippen LogP contribution is 2.21. The molecule has 2 aromatic rings. The highest BCUT2D eigenvalue weighted by Gasteiger charge is 2.29. The zero-order valence-corrected chi connectivity index (χ0v) is 18.5. The average Bonchev–Trinajstić information content (AvgIpc) is 2.80. The lowest BCUT2D eigenvalue weighted by Crippen LogP contribution is -2.52. The Labute approximate surface area is 184 Å². The summed E-state index contributed by atoms with van der Waals surface area (Å²) in [5.74, 6) is -0.0462. The molecule has 6 nitrogen and oxygen atoms in total. The van der Waals surface area contributed by atoms with E-state index in [4.69, 9.17) is 4.74 Å². The number of rotatable bonds is 6. The summed E-state index contributed by atoms with van der Waals surface area (Å²) < 4.78 is 5.17. The summed E-state index contributed by atoms with van der Waals surface area (Å²) >= 11 is 0. The standard InChI is InChI=1S/C25H33N3O3/c1-2-31-25(30)22-10-6-12-27(18-22)19-24(29)28-15-13-26(14-16-28)17-21-9-5-8-20-7-3-4-11-23(20)21/h3-5,7-9,11,22H,2,6,10,12-19H2,1H3/t22-/m1/s1. The van der Waals surface area contributed by atoms with Crippen LogP contribution in [0.25, 0.3) is 10.8 Å². The maximum atomic E-state index is 12.9. The van der Waals surface area contributed by atoms with E-state index in [1.165, 1.54) is 16.3 Å². The molecule has 0 bridgehead atoms. The molecule has 2 fully saturated rings. The SMILES string of the molecule is CCOC(=O)[C@@H]1CCCN(CC(=O)N2CCN(Cc3cccc4ccccc34)CC2)C1. The van der Waals surface area contributed by atoms with Gasteiger partial charge in [0, 0.05) is 39.3 Å². The topological polar surface area (TPSA) is 53.1 Å². The van der Waals surface area contributed by atoms with Crippen molar-refractivity contribution in [3.05, 3.63) is 48.0 Å². The van der Waals surface area contributed by atoms with Crippen molar-refractivity contribution in [2.75, 3.05) is 52.4 Å². The Morgan fingerprint density at radius 2 is 1.74 bits per heavy atom. The van der Waals surface area contributed by atoms with Gasteiger partial charge in [0.15, 0.2) is 0 Å². The Morgan fingerprint density at radius 3 is 2.55 bits per heavy atom. The second-order valence-electron chi connectivity index (χ2n) is 8.62. The fourth-order valence-electron chi connectivity index (χ4n) is 4.77.